The van der Waals surface area contributed by atoms with Gasteiger partial charge in [0.05, 0.1) is 20.3 Å². The highest BCUT2D eigenvalue weighted by atomic mass is 16.5. The van der Waals surface area contributed by atoms with E-state index in [1.165, 1.54) is 7.11 Å². The standard InChI is InChI=1S/C11H18N4O3/c1-3-12-9-13-10(16-2)15-11(14-9)18-7-8-4-5-17-6-8/h8H,3-7H2,1-2H3,(H,12,13,14,15). The lowest BCUT2D eigenvalue weighted by Crippen LogP contribution is -2.14. The van der Waals surface area contributed by atoms with E-state index >= 15 is 0 Å². The van der Waals surface area contributed by atoms with Crippen molar-refractivity contribution >= 4 is 5.95 Å². The summed E-state index contributed by atoms with van der Waals surface area (Å²) in [4.78, 5) is 12.3. The van der Waals surface area contributed by atoms with E-state index in [-0.39, 0.29) is 12.0 Å². The molecule has 7 heteroatoms. The van der Waals surface area contributed by atoms with Crippen molar-refractivity contribution < 1.29 is 14.2 Å². The molecule has 7 nitrogen and oxygen atoms in total. The number of nitrogens with one attached hydrogen (secondary N) is 1. The van der Waals surface area contributed by atoms with Crippen LogP contribution < -0.4 is 14.8 Å². The Hall–Kier alpha value is -1.63. The summed E-state index contributed by atoms with van der Waals surface area (Å²) in [5.41, 5.74) is 0. The van der Waals surface area contributed by atoms with E-state index in [1.54, 1.807) is 0 Å². The van der Waals surface area contributed by atoms with E-state index in [1.807, 2.05) is 6.92 Å². The van der Waals surface area contributed by atoms with Crippen LogP contribution in [0, 0.1) is 5.92 Å². The van der Waals surface area contributed by atoms with Gasteiger partial charge in [0.1, 0.15) is 0 Å². The smallest absolute Gasteiger partial charge is 0.324 e. The molecule has 0 radical (unpaired) electrons. The van der Waals surface area contributed by atoms with Crippen LogP contribution in [0.25, 0.3) is 0 Å². The summed E-state index contributed by atoms with van der Waals surface area (Å²) in [5.74, 6) is 0.873. The zero-order valence-electron chi connectivity index (χ0n) is 10.7. The fourth-order valence-electron chi connectivity index (χ4n) is 1.64. The third kappa shape index (κ3) is 3.43. The van der Waals surface area contributed by atoms with E-state index in [0.29, 0.717) is 18.5 Å². The summed E-state index contributed by atoms with van der Waals surface area (Å²) < 4.78 is 15.8. The summed E-state index contributed by atoms with van der Waals surface area (Å²) in [6.07, 6.45) is 1.02. The maximum absolute atomic E-state index is 5.56. The Labute approximate surface area is 106 Å². The fourth-order valence-corrected chi connectivity index (χ4v) is 1.64. The lowest BCUT2D eigenvalue weighted by molar-refractivity contribution is 0.163. The van der Waals surface area contributed by atoms with Crippen LogP contribution in [-0.4, -0.2) is 48.4 Å². The Morgan fingerprint density at radius 3 is 2.83 bits per heavy atom. The minimum Gasteiger partial charge on any atom is -0.467 e. The number of ether oxygens (including phenoxy) is 3. The molecule has 0 aliphatic carbocycles. The zero-order chi connectivity index (χ0) is 12.8. The predicted molar refractivity (Wildman–Crippen MR) is 65.0 cm³/mol. The van der Waals surface area contributed by atoms with Crippen LogP contribution in [0.4, 0.5) is 5.95 Å². The summed E-state index contributed by atoms with van der Waals surface area (Å²) in [5, 5.41) is 3.00. The molecule has 1 saturated heterocycles. The van der Waals surface area contributed by atoms with Crippen molar-refractivity contribution in [2.75, 3.05) is 38.8 Å². The zero-order valence-corrected chi connectivity index (χ0v) is 10.7. The predicted octanol–water partition coefficient (Wildman–Crippen LogP) is 0.727. The van der Waals surface area contributed by atoms with Gasteiger partial charge in [-0.25, -0.2) is 0 Å². The van der Waals surface area contributed by atoms with Crippen LogP contribution in [0.15, 0.2) is 0 Å². The molecule has 2 heterocycles. The lowest BCUT2D eigenvalue weighted by atomic mass is 10.1. The number of hydrogen-bond donors (Lipinski definition) is 1. The van der Waals surface area contributed by atoms with Gasteiger partial charge in [0.15, 0.2) is 0 Å². The molecule has 0 amide bonds. The average molecular weight is 254 g/mol. The second-order valence-corrected chi connectivity index (χ2v) is 4.00. The number of rotatable bonds is 6. The quantitative estimate of drug-likeness (QED) is 0.801. The Balaban J connectivity index is 1.98. The molecular formula is C11H18N4O3. The third-order valence-corrected chi connectivity index (χ3v) is 2.58. The minimum atomic E-state index is 0.249. The number of aromatic nitrogens is 3. The molecule has 100 valence electrons. The third-order valence-electron chi connectivity index (χ3n) is 2.58. The molecule has 1 fully saturated rings. The Kier molecular flexibility index (Phi) is 4.52. The number of hydrogen-bond acceptors (Lipinski definition) is 7. The summed E-state index contributed by atoms with van der Waals surface area (Å²) in [6.45, 7) is 4.79. The van der Waals surface area contributed by atoms with E-state index in [2.05, 4.69) is 20.3 Å². The molecule has 1 unspecified atom stereocenters. The molecule has 1 N–H and O–H groups in total. The van der Waals surface area contributed by atoms with Gasteiger partial charge in [0, 0.05) is 19.1 Å². The molecule has 0 aromatic carbocycles. The normalized spacial score (nSPS) is 18.7. The molecular weight excluding hydrogens is 236 g/mol. The van der Waals surface area contributed by atoms with Crippen LogP contribution in [0.2, 0.25) is 0 Å². The van der Waals surface area contributed by atoms with E-state index in [4.69, 9.17) is 14.2 Å². The highest BCUT2D eigenvalue weighted by Crippen LogP contribution is 2.16. The van der Waals surface area contributed by atoms with Crippen molar-refractivity contribution in [1.82, 2.24) is 15.0 Å². The largest absolute Gasteiger partial charge is 0.467 e. The highest BCUT2D eigenvalue weighted by molar-refractivity contribution is 5.27. The van der Waals surface area contributed by atoms with Crippen molar-refractivity contribution in [3.8, 4) is 12.0 Å². The molecule has 1 aliphatic heterocycles. The Morgan fingerprint density at radius 2 is 2.17 bits per heavy atom. The highest BCUT2D eigenvalue weighted by Gasteiger charge is 2.17. The maximum atomic E-state index is 5.56. The first-order valence-corrected chi connectivity index (χ1v) is 6.06. The number of anilines is 1. The van der Waals surface area contributed by atoms with Crippen LogP contribution in [0.5, 0.6) is 12.0 Å². The van der Waals surface area contributed by atoms with Crippen LogP contribution in [0.3, 0.4) is 0 Å². The van der Waals surface area contributed by atoms with Gasteiger partial charge >= 0.3 is 12.0 Å². The molecule has 0 spiro atoms. The van der Waals surface area contributed by atoms with Gasteiger partial charge in [-0.3, -0.25) is 0 Å². The van der Waals surface area contributed by atoms with Crippen molar-refractivity contribution in [2.45, 2.75) is 13.3 Å². The fraction of sp³-hybridized carbons (Fsp3) is 0.727. The molecule has 0 saturated carbocycles. The number of nitrogens with zero attached hydrogens (tertiary/aromatic N) is 3. The first-order chi connectivity index (χ1) is 8.81. The Bertz CT molecular complexity index is 383. The van der Waals surface area contributed by atoms with Crippen molar-refractivity contribution in [2.24, 2.45) is 5.92 Å². The molecule has 1 aromatic heterocycles. The van der Waals surface area contributed by atoms with Gasteiger partial charge < -0.3 is 19.5 Å². The van der Waals surface area contributed by atoms with Crippen LogP contribution >= 0.6 is 0 Å². The van der Waals surface area contributed by atoms with Gasteiger partial charge in [-0.1, -0.05) is 0 Å². The maximum Gasteiger partial charge on any atom is 0.324 e. The lowest BCUT2D eigenvalue weighted by Gasteiger charge is -2.10. The monoisotopic (exact) mass is 254 g/mol. The van der Waals surface area contributed by atoms with Crippen LogP contribution in [0.1, 0.15) is 13.3 Å². The van der Waals surface area contributed by atoms with Gasteiger partial charge in [0.2, 0.25) is 5.95 Å². The van der Waals surface area contributed by atoms with E-state index in [9.17, 15) is 0 Å². The van der Waals surface area contributed by atoms with Gasteiger partial charge in [0.25, 0.3) is 0 Å². The van der Waals surface area contributed by atoms with Crippen LogP contribution in [-0.2, 0) is 4.74 Å². The second-order valence-electron chi connectivity index (χ2n) is 4.00. The first-order valence-electron chi connectivity index (χ1n) is 6.06. The average Bonchev–Trinajstić information content (AvgIpc) is 2.89. The van der Waals surface area contributed by atoms with Gasteiger partial charge in [-0.05, 0) is 13.3 Å². The second kappa shape index (κ2) is 6.34. The van der Waals surface area contributed by atoms with Gasteiger partial charge in [-0.2, -0.15) is 9.97 Å². The van der Waals surface area contributed by atoms with E-state index < -0.39 is 0 Å². The van der Waals surface area contributed by atoms with Crippen molar-refractivity contribution in [3.63, 3.8) is 0 Å². The molecule has 1 aromatic rings. The Morgan fingerprint density at radius 1 is 1.33 bits per heavy atom. The van der Waals surface area contributed by atoms with Gasteiger partial charge in [-0.15, -0.1) is 4.98 Å². The molecule has 1 atom stereocenters. The molecule has 0 bridgehead atoms. The molecule has 18 heavy (non-hydrogen) atoms. The summed E-state index contributed by atoms with van der Waals surface area (Å²) >= 11 is 0. The summed E-state index contributed by atoms with van der Waals surface area (Å²) in [6, 6.07) is 0.531. The minimum absolute atomic E-state index is 0.249. The summed E-state index contributed by atoms with van der Waals surface area (Å²) in [7, 11) is 1.51. The first kappa shape index (κ1) is 12.8. The van der Waals surface area contributed by atoms with E-state index in [0.717, 1.165) is 26.2 Å². The SMILES string of the molecule is CCNc1nc(OC)nc(OCC2CCOC2)n1. The van der Waals surface area contributed by atoms with Crippen molar-refractivity contribution in [1.29, 1.82) is 0 Å². The molecule has 1 aliphatic rings. The molecule has 2 rings (SSSR count). The van der Waals surface area contributed by atoms with Crippen molar-refractivity contribution in [3.05, 3.63) is 0 Å². The number of methoxy groups -OCH3 is 1. The topological polar surface area (TPSA) is 78.4 Å².